The van der Waals surface area contributed by atoms with Gasteiger partial charge in [0.2, 0.25) is 0 Å². The smallest absolute Gasteiger partial charge is 0.433 e. The number of nitrogens with zero attached hydrogens (tertiary/aromatic N) is 3. The van der Waals surface area contributed by atoms with Gasteiger partial charge in [-0.25, -0.2) is 9.97 Å². The topological polar surface area (TPSA) is 66.3 Å². The largest absolute Gasteiger partial charge is 0.481 e. The van der Waals surface area contributed by atoms with Crippen LogP contribution in [-0.2, 0) is 11.0 Å². The summed E-state index contributed by atoms with van der Waals surface area (Å²) in [7, 11) is 0. The van der Waals surface area contributed by atoms with E-state index < -0.39 is 23.8 Å². The van der Waals surface area contributed by atoms with Gasteiger partial charge in [0, 0.05) is 25.1 Å². The highest BCUT2D eigenvalue weighted by atomic mass is 19.4. The van der Waals surface area contributed by atoms with Gasteiger partial charge in [0.05, 0.1) is 5.92 Å². The molecule has 5 nitrogen and oxygen atoms in total. The van der Waals surface area contributed by atoms with E-state index in [0.717, 1.165) is 18.9 Å². The molecule has 2 fully saturated rings. The molecule has 8 heteroatoms. The van der Waals surface area contributed by atoms with Crippen LogP contribution < -0.4 is 4.90 Å². The van der Waals surface area contributed by atoms with Gasteiger partial charge in [-0.15, -0.1) is 0 Å². The maximum Gasteiger partial charge on any atom is 0.433 e. The highest BCUT2D eigenvalue weighted by molar-refractivity contribution is 5.71. The summed E-state index contributed by atoms with van der Waals surface area (Å²) in [6.07, 6.45) is -2.50. The van der Waals surface area contributed by atoms with Crippen molar-refractivity contribution in [2.24, 2.45) is 5.92 Å². The van der Waals surface area contributed by atoms with Crippen LogP contribution in [0.1, 0.15) is 36.7 Å². The predicted molar refractivity (Wildman–Crippen MR) is 67.0 cm³/mol. The number of halogens is 3. The number of aromatic nitrogens is 2. The normalized spacial score (nSPS) is 22.6. The van der Waals surface area contributed by atoms with Gasteiger partial charge in [0.25, 0.3) is 0 Å². The molecule has 1 N–H and O–H groups in total. The average Bonchev–Trinajstić information content (AvgIpc) is 3.14. The van der Waals surface area contributed by atoms with Crippen LogP contribution in [0.4, 0.5) is 19.0 Å². The van der Waals surface area contributed by atoms with Crippen molar-refractivity contribution in [3.05, 3.63) is 17.6 Å². The molecule has 0 aromatic carbocycles. The fourth-order valence-electron chi connectivity index (χ4n) is 2.45. The Hall–Kier alpha value is -1.86. The summed E-state index contributed by atoms with van der Waals surface area (Å²) in [5.41, 5.74) is -0.951. The van der Waals surface area contributed by atoms with Crippen LogP contribution in [0, 0.1) is 5.92 Å². The van der Waals surface area contributed by atoms with Gasteiger partial charge < -0.3 is 10.0 Å². The third-order valence-electron chi connectivity index (χ3n) is 3.82. The zero-order valence-corrected chi connectivity index (χ0v) is 11.1. The van der Waals surface area contributed by atoms with E-state index in [0.29, 0.717) is 13.0 Å². The second-order valence-electron chi connectivity index (χ2n) is 5.51. The van der Waals surface area contributed by atoms with Crippen LogP contribution in [0.3, 0.4) is 0 Å². The molecular weight excluding hydrogens is 287 g/mol. The number of alkyl halides is 3. The fraction of sp³-hybridized carbons (Fsp3) is 0.615. The Labute approximate surface area is 118 Å². The Morgan fingerprint density at radius 2 is 2.00 bits per heavy atom. The van der Waals surface area contributed by atoms with Gasteiger partial charge in [-0.1, -0.05) is 0 Å². The van der Waals surface area contributed by atoms with E-state index in [-0.39, 0.29) is 24.1 Å². The molecule has 21 heavy (non-hydrogen) atoms. The van der Waals surface area contributed by atoms with Gasteiger partial charge in [0.1, 0.15) is 17.3 Å². The van der Waals surface area contributed by atoms with Crippen molar-refractivity contribution in [2.45, 2.75) is 31.4 Å². The monoisotopic (exact) mass is 301 g/mol. The van der Waals surface area contributed by atoms with Gasteiger partial charge in [-0.05, 0) is 19.3 Å². The SMILES string of the molecule is O=C(O)[C@@H]1CCN(c2cc(C(F)(F)F)nc(C3CC3)n2)C1. The number of anilines is 1. The van der Waals surface area contributed by atoms with Crippen molar-refractivity contribution in [3.8, 4) is 0 Å². The maximum atomic E-state index is 12.9. The first kappa shape index (κ1) is 14.1. The lowest BCUT2D eigenvalue weighted by Crippen LogP contribution is -2.25. The van der Waals surface area contributed by atoms with E-state index in [4.69, 9.17) is 5.11 Å². The zero-order valence-electron chi connectivity index (χ0n) is 11.1. The molecule has 0 amide bonds. The minimum absolute atomic E-state index is 0.00363. The van der Waals surface area contributed by atoms with Crippen molar-refractivity contribution in [3.63, 3.8) is 0 Å². The maximum absolute atomic E-state index is 12.9. The molecule has 2 heterocycles. The number of hydrogen-bond donors (Lipinski definition) is 1. The van der Waals surface area contributed by atoms with Crippen LogP contribution in [0.2, 0.25) is 0 Å². The van der Waals surface area contributed by atoms with E-state index in [1.165, 1.54) is 0 Å². The fourth-order valence-corrected chi connectivity index (χ4v) is 2.45. The molecule has 3 rings (SSSR count). The van der Waals surface area contributed by atoms with Crippen LogP contribution >= 0.6 is 0 Å². The number of aliphatic carboxylic acids is 1. The molecule has 1 aromatic rings. The van der Waals surface area contributed by atoms with Gasteiger partial charge in [0.15, 0.2) is 0 Å². The molecule has 1 aromatic heterocycles. The second kappa shape index (κ2) is 4.85. The molecule has 114 valence electrons. The van der Waals surface area contributed by atoms with Crippen LogP contribution in [0.5, 0.6) is 0 Å². The number of carboxylic acid groups (broad SMARTS) is 1. The first-order valence-electron chi connectivity index (χ1n) is 6.78. The highest BCUT2D eigenvalue weighted by Crippen LogP contribution is 2.40. The summed E-state index contributed by atoms with van der Waals surface area (Å²) in [6.45, 7) is 0.586. The molecule has 2 aliphatic rings. The Morgan fingerprint density at radius 1 is 1.29 bits per heavy atom. The molecule has 1 aliphatic carbocycles. The third-order valence-corrected chi connectivity index (χ3v) is 3.82. The van der Waals surface area contributed by atoms with Crippen LogP contribution in [-0.4, -0.2) is 34.1 Å². The minimum Gasteiger partial charge on any atom is -0.481 e. The lowest BCUT2D eigenvalue weighted by Gasteiger charge is -2.19. The van der Waals surface area contributed by atoms with Crippen molar-refractivity contribution in [1.29, 1.82) is 0 Å². The predicted octanol–water partition coefficient (Wildman–Crippen LogP) is 2.28. The lowest BCUT2D eigenvalue weighted by molar-refractivity contribution is -0.142. The lowest BCUT2D eigenvalue weighted by atomic mass is 10.1. The van der Waals surface area contributed by atoms with E-state index in [1.54, 1.807) is 4.90 Å². The first-order chi connectivity index (χ1) is 9.84. The van der Waals surface area contributed by atoms with Crippen molar-refractivity contribution >= 4 is 11.8 Å². The highest BCUT2D eigenvalue weighted by Gasteiger charge is 2.38. The number of hydrogen-bond acceptors (Lipinski definition) is 4. The summed E-state index contributed by atoms with van der Waals surface area (Å²) < 4.78 is 38.8. The zero-order chi connectivity index (χ0) is 15.2. The summed E-state index contributed by atoms with van der Waals surface area (Å²) >= 11 is 0. The van der Waals surface area contributed by atoms with Crippen molar-refractivity contribution in [2.75, 3.05) is 18.0 Å². The average molecular weight is 301 g/mol. The summed E-state index contributed by atoms with van der Waals surface area (Å²) in [5, 5.41) is 8.98. The molecule has 0 unspecified atom stereocenters. The first-order valence-corrected chi connectivity index (χ1v) is 6.78. The van der Waals surface area contributed by atoms with Crippen LogP contribution in [0.25, 0.3) is 0 Å². The third kappa shape index (κ3) is 2.93. The Balaban J connectivity index is 1.91. The molecular formula is C13H14F3N3O2. The van der Waals surface area contributed by atoms with E-state index in [9.17, 15) is 18.0 Å². The van der Waals surface area contributed by atoms with E-state index in [2.05, 4.69) is 9.97 Å². The summed E-state index contributed by atoms with van der Waals surface area (Å²) in [5.74, 6) is -1.07. The van der Waals surface area contributed by atoms with Crippen molar-refractivity contribution < 1.29 is 23.1 Å². The summed E-state index contributed by atoms with van der Waals surface area (Å²) in [6, 6.07) is 0.913. The Bertz CT molecular complexity index is 572. The molecule has 1 atom stereocenters. The van der Waals surface area contributed by atoms with Gasteiger partial charge in [-0.2, -0.15) is 13.2 Å². The summed E-state index contributed by atoms with van der Waals surface area (Å²) in [4.78, 5) is 20.4. The molecule has 1 saturated carbocycles. The molecule has 1 aliphatic heterocycles. The second-order valence-corrected chi connectivity index (χ2v) is 5.51. The van der Waals surface area contributed by atoms with Crippen molar-refractivity contribution in [1.82, 2.24) is 9.97 Å². The Kier molecular flexibility index (Phi) is 3.26. The number of carboxylic acids is 1. The number of rotatable bonds is 3. The van der Waals surface area contributed by atoms with E-state index in [1.807, 2.05) is 0 Å². The standard InChI is InChI=1S/C13H14F3N3O2/c14-13(15,16)9-5-10(18-11(17-9)7-1-2-7)19-4-3-8(6-19)12(20)21/h5,7-8H,1-4,6H2,(H,20,21)/t8-/m1/s1. The number of carbonyl (C=O) groups is 1. The van der Waals surface area contributed by atoms with Crippen LogP contribution in [0.15, 0.2) is 6.07 Å². The van der Waals surface area contributed by atoms with Gasteiger partial charge in [-0.3, -0.25) is 4.79 Å². The van der Waals surface area contributed by atoms with E-state index >= 15 is 0 Å². The Morgan fingerprint density at radius 3 is 2.52 bits per heavy atom. The molecule has 0 bridgehead atoms. The molecule has 0 radical (unpaired) electrons. The minimum atomic E-state index is -4.52. The quantitative estimate of drug-likeness (QED) is 0.928. The molecule has 1 saturated heterocycles. The molecule has 0 spiro atoms. The van der Waals surface area contributed by atoms with Gasteiger partial charge >= 0.3 is 12.1 Å².